The Kier molecular flexibility index (Phi) is 9.52. The minimum Gasteiger partial charge on any atom is -0.508 e. The second kappa shape index (κ2) is 10.3. The van der Waals surface area contributed by atoms with E-state index < -0.39 is 0 Å². The molecular weight excluding hydrogens is 252 g/mol. The van der Waals surface area contributed by atoms with Crippen LogP contribution in [-0.2, 0) is 16.0 Å². The van der Waals surface area contributed by atoms with Crippen LogP contribution in [0.25, 0.3) is 0 Å². The SMILES string of the molecule is C1CC1.CC.COC(=O)C(C)Cc1ccc(O)c(C)c1. The fourth-order valence-corrected chi connectivity index (χ4v) is 1.48. The number of benzene rings is 1. The number of aryl methyl sites for hydroxylation is 1. The first-order valence-electron chi connectivity index (χ1n) is 7.41. The summed E-state index contributed by atoms with van der Waals surface area (Å²) in [7, 11) is 1.39. The van der Waals surface area contributed by atoms with E-state index >= 15 is 0 Å². The van der Waals surface area contributed by atoms with Crippen molar-refractivity contribution in [3.05, 3.63) is 29.3 Å². The van der Waals surface area contributed by atoms with Crippen LogP contribution < -0.4 is 0 Å². The molecule has 0 bridgehead atoms. The first-order valence-corrected chi connectivity index (χ1v) is 7.41. The molecule has 1 aromatic rings. The molecule has 3 nitrogen and oxygen atoms in total. The Morgan fingerprint density at radius 2 is 1.85 bits per heavy atom. The van der Waals surface area contributed by atoms with Gasteiger partial charge in [-0.15, -0.1) is 0 Å². The number of aromatic hydroxyl groups is 1. The minimum atomic E-state index is -0.208. The summed E-state index contributed by atoms with van der Waals surface area (Å²) in [4.78, 5) is 11.2. The van der Waals surface area contributed by atoms with Gasteiger partial charge in [0.25, 0.3) is 0 Å². The molecule has 0 radical (unpaired) electrons. The summed E-state index contributed by atoms with van der Waals surface area (Å²) in [6, 6.07) is 5.35. The quantitative estimate of drug-likeness (QED) is 0.842. The molecule has 1 unspecified atom stereocenters. The topological polar surface area (TPSA) is 46.5 Å². The monoisotopic (exact) mass is 280 g/mol. The van der Waals surface area contributed by atoms with Crippen LogP contribution in [0.1, 0.15) is 51.2 Å². The maximum atomic E-state index is 11.2. The number of phenolic OH excluding ortho intramolecular Hbond substituents is 1. The molecule has 114 valence electrons. The van der Waals surface area contributed by atoms with Crippen molar-refractivity contribution >= 4 is 5.97 Å². The molecule has 3 heteroatoms. The number of hydrogen-bond acceptors (Lipinski definition) is 3. The van der Waals surface area contributed by atoms with Gasteiger partial charge in [0.05, 0.1) is 13.0 Å². The fourth-order valence-electron chi connectivity index (χ4n) is 1.48. The number of ether oxygens (including phenoxy) is 1. The number of methoxy groups -OCH3 is 1. The van der Waals surface area contributed by atoms with Gasteiger partial charge in [-0.3, -0.25) is 4.79 Å². The number of esters is 1. The number of hydrogen-bond donors (Lipinski definition) is 1. The van der Waals surface area contributed by atoms with Crippen molar-refractivity contribution in [3.63, 3.8) is 0 Å². The first kappa shape index (κ1) is 18.5. The van der Waals surface area contributed by atoms with Gasteiger partial charge >= 0.3 is 5.97 Å². The third kappa shape index (κ3) is 7.82. The molecule has 0 amide bonds. The normalized spacial score (nSPS) is 13.1. The highest BCUT2D eigenvalue weighted by Crippen LogP contribution is 2.19. The summed E-state index contributed by atoms with van der Waals surface area (Å²) in [6.07, 6.45) is 5.13. The highest BCUT2D eigenvalue weighted by atomic mass is 16.5. The molecule has 1 fully saturated rings. The van der Waals surface area contributed by atoms with Gasteiger partial charge in [-0.25, -0.2) is 0 Å². The largest absolute Gasteiger partial charge is 0.508 e. The molecule has 1 N–H and O–H groups in total. The van der Waals surface area contributed by atoms with E-state index in [0.29, 0.717) is 6.42 Å². The molecule has 0 heterocycles. The Hall–Kier alpha value is -1.51. The zero-order valence-electron chi connectivity index (χ0n) is 13.4. The lowest BCUT2D eigenvalue weighted by Gasteiger charge is -2.09. The summed E-state index contributed by atoms with van der Waals surface area (Å²) in [5.74, 6) is -0.0795. The van der Waals surface area contributed by atoms with Crippen molar-refractivity contribution in [2.45, 2.75) is 53.4 Å². The van der Waals surface area contributed by atoms with Crippen molar-refractivity contribution in [1.82, 2.24) is 0 Å². The van der Waals surface area contributed by atoms with Crippen molar-refractivity contribution in [2.24, 2.45) is 5.92 Å². The van der Waals surface area contributed by atoms with E-state index in [1.165, 1.54) is 26.4 Å². The van der Waals surface area contributed by atoms with Gasteiger partial charge in [0.2, 0.25) is 0 Å². The van der Waals surface area contributed by atoms with Crippen LogP contribution in [0.15, 0.2) is 18.2 Å². The summed E-state index contributed by atoms with van der Waals surface area (Å²) in [5.41, 5.74) is 1.85. The molecule has 1 aliphatic rings. The van der Waals surface area contributed by atoms with E-state index in [4.69, 9.17) is 0 Å². The minimum absolute atomic E-state index is 0.154. The number of carbonyl (C=O) groups excluding carboxylic acids is 1. The highest BCUT2D eigenvalue weighted by molar-refractivity contribution is 5.72. The summed E-state index contributed by atoms with van der Waals surface area (Å²) >= 11 is 0. The van der Waals surface area contributed by atoms with Crippen LogP contribution in [0.5, 0.6) is 5.75 Å². The maximum absolute atomic E-state index is 11.2. The summed E-state index contributed by atoms with van der Waals surface area (Å²) < 4.78 is 4.65. The van der Waals surface area contributed by atoms with Crippen LogP contribution in [0, 0.1) is 12.8 Å². The van der Waals surface area contributed by atoms with E-state index in [1.807, 2.05) is 39.8 Å². The molecule has 0 saturated heterocycles. The molecule has 1 aliphatic carbocycles. The Balaban J connectivity index is 0.000000614. The molecule has 0 aliphatic heterocycles. The summed E-state index contributed by atoms with van der Waals surface area (Å²) in [5, 5.41) is 9.34. The summed E-state index contributed by atoms with van der Waals surface area (Å²) in [6.45, 7) is 7.66. The second-order valence-corrected chi connectivity index (χ2v) is 4.81. The third-order valence-corrected chi connectivity index (χ3v) is 2.76. The van der Waals surface area contributed by atoms with Gasteiger partial charge in [-0.2, -0.15) is 0 Å². The van der Waals surface area contributed by atoms with E-state index in [9.17, 15) is 9.90 Å². The van der Waals surface area contributed by atoms with E-state index in [1.54, 1.807) is 6.07 Å². The maximum Gasteiger partial charge on any atom is 0.308 e. The van der Waals surface area contributed by atoms with Gasteiger partial charge in [0.1, 0.15) is 5.75 Å². The van der Waals surface area contributed by atoms with Crippen molar-refractivity contribution in [1.29, 1.82) is 0 Å². The van der Waals surface area contributed by atoms with Crippen LogP contribution in [0.3, 0.4) is 0 Å². The Morgan fingerprint density at radius 1 is 1.30 bits per heavy atom. The lowest BCUT2D eigenvalue weighted by Crippen LogP contribution is -2.15. The predicted molar refractivity (Wildman–Crippen MR) is 82.9 cm³/mol. The van der Waals surface area contributed by atoms with Gasteiger partial charge in [-0.1, -0.05) is 52.2 Å². The highest BCUT2D eigenvalue weighted by Gasteiger charge is 2.13. The molecule has 0 spiro atoms. The van der Waals surface area contributed by atoms with Crippen molar-refractivity contribution in [3.8, 4) is 5.75 Å². The Bertz CT molecular complexity index is 394. The molecule has 1 aromatic carbocycles. The van der Waals surface area contributed by atoms with Gasteiger partial charge < -0.3 is 9.84 Å². The van der Waals surface area contributed by atoms with Crippen molar-refractivity contribution < 1.29 is 14.6 Å². The standard InChI is InChI=1S/C12H16O3.C3H6.C2H6/c1-8-6-10(4-5-11(8)13)7-9(2)12(14)15-3;1-2-3-1;1-2/h4-6,9,13H,7H2,1-3H3;1-3H2;1-2H3. The number of phenols is 1. The molecule has 1 saturated carbocycles. The lowest BCUT2D eigenvalue weighted by atomic mass is 9.99. The van der Waals surface area contributed by atoms with E-state index in [2.05, 4.69) is 4.74 Å². The average Bonchev–Trinajstić information content (AvgIpc) is 3.32. The Morgan fingerprint density at radius 3 is 2.25 bits per heavy atom. The van der Waals surface area contributed by atoms with Crippen LogP contribution >= 0.6 is 0 Å². The first-order chi connectivity index (χ1) is 9.54. The number of rotatable bonds is 3. The number of carbonyl (C=O) groups is 1. The second-order valence-electron chi connectivity index (χ2n) is 4.81. The zero-order valence-corrected chi connectivity index (χ0v) is 13.4. The van der Waals surface area contributed by atoms with Crippen LogP contribution in [0.2, 0.25) is 0 Å². The third-order valence-electron chi connectivity index (χ3n) is 2.76. The van der Waals surface area contributed by atoms with Crippen molar-refractivity contribution in [2.75, 3.05) is 7.11 Å². The van der Waals surface area contributed by atoms with Crippen LogP contribution in [0.4, 0.5) is 0 Å². The molecule has 20 heavy (non-hydrogen) atoms. The van der Waals surface area contributed by atoms with Gasteiger partial charge in [0.15, 0.2) is 0 Å². The smallest absolute Gasteiger partial charge is 0.308 e. The van der Waals surface area contributed by atoms with E-state index in [-0.39, 0.29) is 17.6 Å². The van der Waals surface area contributed by atoms with Gasteiger partial charge in [-0.05, 0) is 30.5 Å². The van der Waals surface area contributed by atoms with Gasteiger partial charge in [0, 0.05) is 0 Å². The fraction of sp³-hybridized carbons (Fsp3) is 0.588. The predicted octanol–water partition coefficient (Wildman–Crippen LogP) is 4.25. The molecule has 0 aromatic heterocycles. The molecular formula is C17H28O3. The lowest BCUT2D eigenvalue weighted by molar-refractivity contribution is -0.144. The van der Waals surface area contributed by atoms with Crippen LogP contribution in [-0.4, -0.2) is 18.2 Å². The van der Waals surface area contributed by atoms with E-state index in [0.717, 1.165) is 11.1 Å². The zero-order chi connectivity index (χ0) is 15.5. The average molecular weight is 280 g/mol. The molecule has 2 rings (SSSR count). The Labute approximate surface area is 123 Å². The molecule has 1 atom stereocenters.